The van der Waals surface area contributed by atoms with Crippen LogP contribution in [-0.2, 0) is 6.54 Å². The molecule has 0 saturated carbocycles. The third-order valence-electron chi connectivity index (χ3n) is 2.79. The Morgan fingerprint density at radius 2 is 1.65 bits per heavy atom. The first-order valence-electron chi connectivity index (χ1n) is 6.86. The molecule has 106 valence electrons. The van der Waals surface area contributed by atoms with E-state index in [1.165, 1.54) is 5.56 Å². The van der Waals surface area contributed by atoms with Crippen molar-refractivity contribution in [2.75, 3.05) is 18.5 Å². The Bertz CT molecular complexity index is 529. The molecule has 4 nitrogen and oxygen atoms in total. The molecule has 0 radical (unpaired) electrons. The van der Waals surface area contributed by atoms with Gasteiger partial charge in [0.25, 0.3) is 0 Å². The van der Waals surface area contributed by atoms with Gasteiger partial charge in [0.15, 0.2) is 11.5 Å². The summed E-state index contributed by atoms with van der Waals surface area (Å²) >= 11 is 0. The van der Waals surface area contributed by atoms with Crippen LogP contribution < -0.4 is 14.8 Å². The van der Waals surface area contributed by atoms with Gasteiger partial charge in [0, 0.05) is 30.7 Å². The van der Waals surface area contributed by atoms with Crippen LogP contribution in [0.5, 0.6) is 11.5 Å². The molecule has 2 aromatic rings. The van der Waals surface area contributed by atoms with Crippen molar-refractivity contribution < 1.29 is 9.47 Å². The number of nitrogens with zero attached hydrogens (tertiary/aromatic N) is 1. The van der Waals surface area contributed by atoms with E-state index in [1.807, 2.05) is 44.2 Å². The summed E-state index contributed by atoms with van der Waals surface area (Å²) < 4.78 is 11.2. The standard InChI is InChI=1S/C16H20N2O2/c1-3-19-15-6-5-14(11-16(15)20-4-2)18-12-13-7-9-17-10-8-13/h5-11,18H,3-4,12H2,1-2H3. The van der Waals surface area contributed by atoms with Crippen molar-refractivity contribution in [3.63, 3.8) is 0 Å². The summed E-state index contributed by atoms with van der Waals surface area (Å²) in [7, 11) is 0. The molecule has 0 saturated heterocycles. The van der Waals surface area contributed by atoms with Crippen LogP contribution in [0, 0.1) is 0 Å². The Labute approximate surface area is 119 Å². The van der Waals surface area contributed by atoms with E-state index in [0.29, 0.717) is 13.2 Å². The number of ether oxygens (including phenoxy) is 2. The summed E-state index contributed by atoms with van der Waals surface area (Å²) in [5, 5.41) is 3.37. The second kappa shape index (κ2) is 7.38. The zero-order valence-corrected chi connectivity index (χ0v) is 11.9. The normalized spacial score (nSPS) is 10.1. The van der Waals surface area contributed by atoms with Crippen molar-refractivity contribution in [2.45, 2.75) is 20.4 Å². The van der Waals surface area contributed by atoms with Gasteiger partial charge in [-0.15, -0.1) is 0 Å². The quantitative estimate of drug-likeness (QED) is 0.838. The SMILES string of the molecule is CCOc1ccc(NCc2ccncc2)cc1OCC. The van der Waals surface area contributed by atoms with Crippen molar-refractivity contribution in [2.24, 2.45) is 0 Å². The van der Waals surface area contributed by atoms with Crippen LogP contribution in [0.3, 0.4) is 0 Å². The topological polar surface area (TPSA) is 43.4 Å². The fourth-order valence-corrected chi connectivity index (χ4v) is 1.87. The Balaban J connectivity index is 2.06. The van der Waals surface area contributed by atoms with Crippen molar-refractivity contribution in [3.05, 3.63) is 48.3 Å². The van der Waals surface area contributed by atoms with E-state index in [-0.39, 0.29) is 0 Å². The zero-order chi connectivity index (χ0) is 14.2. The Morgan fingerprint density at radius 1 is 0.950 bits per heavy atom. The van der Waals surface area contributed by atoms with Gasteiger partial charge >= 0.3 is 0 Å². The fraction of sp³-hybridized carbons (Fsp3) is 0.312. The minimum atomic E-state index is 0.619. The molecule has 4 heteroatoms. The van der Waals surface area contributed by atoms with Crippen LogP contribution in [-0.4, -0.2) is 18.2 Å². The molecular weight excluding hydrogens is 252 g/mol. The number of benzene rings is 1. The highest BCUT2D eigenvalue weighted by atomic mass is 16.5. The third-order valence-corrected chi connectivity index (χ3v) is 2.79. The van der Waals surface area contributed by atoms with E-state index in [9.17, 15) is 0 Å². The van der Waals surface area contributed by atoms with Crippen LogP contribution >= 0.6 is 0 Å². The molecule has 0 amide bonds. The van der Waals surface area contributed by atoms with Crippen LogP contribution in [0.1, 0.15) is 19.4 Å². The van der Waals surface area contributed by atoms with Crippen molar-refractivity contribution in [3.8, 4) is 11.5 Å². The number of nitrogens with one attached hydrogen (secondary N) is 1. The molecule has 2 rings (SSSR count). The lowest BCUT2D eigenvalue weighted by Crippen LogP contribution is -2.02. The Morgan fingerprint density at radius 3 is 2.35 bits per heavy atom. The van der Waals surface area contributed by atoms with Gasteiger partial charge in [-0.1, -0.05) is 0 Å². The first kappa shape index (κ1) is 14.2. The third kappa shape index (κ3) is 3.88. The van der Waals surface area contributed by atoms with E-state index >= 15 is 0 Å². The summed E-state index contributed by atoms with van der Waals surface area (Å²) in [6, 6.07) is 9.88. The molecule has 0 aliphatic rings. The lowest BCUT2D eigenvalue weighted by Gasteiger charge is -2.13. The van der Waals surface area contributed by atoms with Crippen LogP contribution in [0.25, 0.3) is 0 Å². The number of hydrogen-bond acceptors (Lipinski definition) is 4. The number of anilines is 1. The Hall–Kier alpha value is -2.23. The molecule has 0 aliphatic heterocycles. The highest BCUT2D eigenvalue weighted by Gasteiger charge is 2.05. The molecule has 0 unspecified atom stereocenters. The molecule has 1 aromatic heterocycles. The molecule has 0 fully saturated rings. The first-order chi connectivity index (χ1) is 9.83. The van der Waals surface area contributed by atoms with Gasteiger partial charge in [-0.3, -0.25) is 4.98 Å². The van der Waals surface area contributed by atoms with Crippen molar-refractivity contribution in [1.29, 1.82) is 0 Å². The highest BCUT2D eigenvalue weighted by Crippen LogP contribution is 2.30. The summed E-state index contributed by atoms with van der Waals surface area (Å²) in [6.45, 7) is 5.93. The fourth-order valence-electron chi connectivity index (χ4n) is 1.87. The molecule has 20 heavy (non-hydrogen) atoms. The predicted octanol–water partition coefficient (Wildman–Crippen LogP) is 3.49. The van der Waals surface area contributed by atoms with E-state index in [0.717, 1.165) is 23.7 Å². The van der Waals surface area contributed by atoms with Crippen LogP contribution in [0.2, 0.25) is 0 Å². The molecule has 1 aromatic carbocycles. The predicted molar refractivity (Wildman–Crippen MR) is 80.3 cm³/mol. The molecule has 0 bridgehead atoms. The number of rotatable bonds is 7. The van der Waals surface area contributed by atoms with Gasteiger partial charge in [-0.2, -0.15) is 0 Å². The highest BCUT2D eigenvalue weighted by molar-refractivity contribution is 5.55. The Kier molecular flexibility index (Phi) is 5.24. The molecule has 1 heterocycles. The lowest BCUT2D eigenvalue weighted by atomic mass is 10.2. The first-order valence-corrected chi connectivity index (χ1v) is 6.86. The minimum Gasteiger partial charge on any atom is -0.490 e. The van der Waals surface area contributed by atoms with Gasteiger partial charge < -0.3 is 14.8 Å². The largest absolute Gasteiger partial charge is 0.490 e. The monoisotopic (exact) mass is 272 g/mol. The second-order valence-electron chi connectivity index (χ2n) is 4.24. The summed E-state index contributed by atoms with van der Waals surface area (Å²) in [5.41, 5.74) is 2.19. The minimum absolute atomic E-state index is 0.619. The summed E-state index contributed by atoms with van der Waals surface area (Å²) in [4.78, 5) is 4.01. The van der Waals surface area contributed by atoms with Crippen LogP contribution in [0.4, 0.5) is 5.69 Å². The second-order valence-corrected chi connectivity index (χ2v) is 4.24. The van der Waals surface area contributed by atoms with Crippen molar-refractivity contribution in [1.82, 2.24) is 4.98 Å². The number of hydrogen-bond donors (Lipinski definition) is 1. The van der Waals surface area contributed by atoms with Gasteiger partial charge in [0.2, 0.25) is 0 Å². The van der Waals surface area contributed by atoms with Gasteiger partial charge in [0.05, 0.1) is 13.2 Å². The smallest absolute Gasteiger partial charge is 0.163 e. The molecule has 0 spiro atoms. The maximum atomic E-state index is 5.61. The molecule has 0 atom stereocenters. The summed E-state index contributed by atoms with van der Waals surface area (Å²) in [5.74, 6) is 1.55. The number of aromatic nitrogens is 1. The maximum absolute atomic E-state index is 5.61. The van der Waals surface area contributed by atoms with E-state index < -0.39 is 0 Å². The lowest BCUT2D eigenvalue weighted by molar-refractivity contribution is 0.288. The average molecular weight is 272 g/mol. The molecular formula is C16H20N2O2. The van der Waals surface area contributed by atoms with E-state index in [1.54, 1.807) is 12.4 Å². The van der Waals surface area contributed by atoms with Gasteiger partial charge in [-0.25, -0.2) is 0 Å². The molecule has 0 aliphatic carbocycles. The average Bonchev–Trinajstić information content (AvgIpc) is 2.49. The van der Waals surface area contributed by atoms with E-state index in [2.05, 4.69) is 10.3 Å². The molecule has 1 N–H and O–H groups in total. The summed E-state index contributed by atoms with van der Waals surface area (Å²) in [6.07, 6.45) is 3.58. The maximum Gasteiger partial charge on any atom is 0.163 e. The van der Waals surface area contributed by atoms with Gasteiger partial charge in [0.1, 0.15) is 0 Å². The van der Waals surface area contributed by atoms with Gasteiger partial charge in [-0.05, 0) is 43.7 Å². The number of pyridine rings is 1. The van der Waals surface area contributed by atoms with Crippen molar-refractivity contribution >= 4 is 5.69 Å². The van der Waals surface area contributed by atoms with E-state index in [4.69, 9.17) is 9.47 Å². The zero-order valence-electron chi connectivity index (χ0n) is 11.9. The van der Waals surface area contributed by atoms with Crippen LogP contribution in [0.15, 0.2) is 42.7 Å².